The Balaban J connectivity index is -0.00000267. The van der Waals surface area contributed by atoms with Crippen LogP contribution >= 0.6 is 67.9 Å². The first-order valence-electron chi connectivity index (χ1n) is 13.0. The number of pyridine rings is 2. The Morgan fingerprint density at radius 3 is 1.37 bits per heavy atom. The fourth-order valence-corrected chi connectivity index (χ4v) is 4.63. The van der Waals surface area contributed by atoms with Crippen LogP contribution in [0.2, 0.25) is 0 Å². The third-order valence-electron chi connectivity index (χ3n) is 6.46. The second-order valence-electron chi connectivity index (χ2n) is 10.2. The normalized spacial score (nSPS) is 10.2. The molecule has 0 spiro atoms. The van der Waals surface area contributed by atoms with Crippen LogP contribution in [0.25, 0.3) is 0 Å². The van der Waals surface area contributed by atoms with E-state index in [0.717, 1.165) is 29.2 Å². The fraction of sp³-hybridized carbons (Fsp3) is 0.273. The zero-order valence-electron chi connectivity index (χ0n) is 25.0. The number of hydrogen-bond donors (Lipinski definition) is 0. The zero-order valence-corrected chi connectivity index (χ0v) is 35.0. The van der Waals surface area contributed by atoms with Crippen LogP contribution in [0.5, 0.6) is 0 Å². The van der Waals surface area contributed by atoms with Gasteiger partial charge in [-0.05, 0) is 89.8 Å². The summed E-state index contributed by atoms with van der Waals surface area (Å²) in [5.74, 6) is 0.722. The molecule has 0 bridgehead atoms. The number of hydrogen-bond acceptors (Lipinski definition) is 4. The summed E-state index contributed by atoms with van der Waals surface area (Å²) >= 11 is 0. The maximum absolute atomic E-state index is 4.94. The van der Waals surface area contributed by atoms with Gasteiger partial charge in [-0.1, -0.05) is 64.1 Å². The van der Waals surface area contributed by atoms with Gasteiger partial charge >= 0.3 is 0 Å². The van der Waals surface area contributed by atoms with Gasteiger partial charge in [-0.25, -0.2) is 0 Å². The van der Waals surface area contributed by atoms with E-state index in [2.05, 4.69) is 75.8 Å². The minimum absolute atomic E-state index is 0. The summed E-state index contributed by atoms with van der Waals surface area (Å²) in [7, 11) is 0. The van der Waals surface area contributed by atoms with Crippen molar-refractivity contribution in [2.75, 3.05) is 0 Å². The first kappa shape index (κ1) is 46.7. The molecule has 43 heavy (non-hydrogen) atoms. The quantitative estimate of drug-likeness (QED) is 0.130. The molecule has 240 valence electrons. The molecular weight excluding hydrogens is 985 g/mol. The van der Waals surface area contributed by atoms with Crippen molar-refractivity contribution in [1.29, 1.82) is 0 Å². The van der Waals surface area contributed by atoms with Crippen LogP contribution in [0.15, 0.2) is 83.0 Å². The number of benzene rings is 2. The van der Waals surface area contributed by atoms with E-state index in [0.29, 0.717) is 11.8 Å². The van der Waals surface area contributed by atoms with Crippen LogP contribution in [0, 0.1) is 13.8 Å². The van der Waals surface area contributed by atoms with Crippen molar-refractivity contribution in [1.82, 2.24) is 9.97 Å². The van der Waals surface area contributed by atoms with Gasteiger partial charge in [0.25, 0.3) is 0 Å². The summed E-state index contributed by atoms with van der Waals surface area (Å²) in [5, 5.41) is 0. The second kappa shape index (κ2) is 22.8. The Morgan fingerprint density at radius 2 is 1.00 bits per heavy atom. The largest absolute Gasteiger partial charge is 0.255 e. The molecule has 2 heterocycles. The van der Waals surface area contributed by atoms with Crippen molar-refractivity contribution >= 4 is 91.7 Å². The molecule has 2 aromatic heterocycles. The summed E-state index contributed by atoms with van der Waals surface area (Å²) in [6.45, 7) is 13.2. The monoisotopic (exact) mass is 1020 g/mol. The molecule has 4 rings (SSSR count). The van der Waals surface area contributed by atoms with Gasteiger partial charge < -0.3 is 0 Å². The molecule has 0 aliphatic rings. The molecule has 0 saturated heterocycles. The molecule has 0 aliphatic carbocycles. The van der Waals surface area contributed by atoms with E-state index < -0.39 is 0 Å². The van der Waals surface area contributed by atoms with E-state index in [4.69, 9.17) is 9.98 Å². The number of halogens is 4. The van der Waals surface area contributed by atoms with Crippen LogP contribution in [-0.4, -0.2) is 22.4 Å². The molecule has 0 fully saturated rings. The first-order chi connectivity index (χ1) is 17.8. The number of rotatable bonds is 8. The van der Waals surface area contributed by atoms with Crippen LogP contribution in [0.3, 0.4) is 0 Å². The maximum Gasteiger partial charge on any atom is 0.0812 e. The van der Waals surface area contributed by atoms with E-state index >= 15 is 0 Å². The van der Waals surface area contributed by atoms with Crippen molar-refractivity contribution < 1.29 is 40.8 Å². The van der Waals surface area contributed by atoms with Gasteiger partial charge in [0.15, 0.2) is 0 Å². The van der Waals surface area contributed by atoms with Gasteiger partial charge in [0, 0.05) is 53.2 Å². The van der Waals surface area contributed by atoms with Gasteiger partial charge in [0.1, 0.15) is 0 Å². The van der Waals surface area contributed by atoms with Crippen molar-refractivity contribution in [2.24, 2.45) is 9.98 Å². The third-order valence-corrected chi connectivity index (χ3v) is 6.46. The predicted octanol–water partition coefficient (Wildman–Crippen LogP) is 10.7. The summed E-state index contributed by atoms with van der Waals surface area (Å²) in [5.41, 5.74) is 11.3. The second-order valence-corrected chi connectivity index (χ2v) is 10.2. The summed E-state index contributed by atoms with van der Waals surface area (Å²) < 4.78 is 0. The molecule has 0 saturated carbocycles. The molecular formula is C33H40Br4N4Pd2. The van der Waals surface area contributed by atoms with Gasteiger partial charge in [-0.15, -0.1) is 67.9 Å². The van der Waals surface area contributed by atoms with Crippen LogP contribution in [0.1, 0.15) is 84.3 Å². The SMILES string of the molecule is Br.Br.Br.Br.Cc1cc(Cc2cc(C(C)C)c(N=Cc3ccccn3)c(C(C)C)c2)cc(C)c1N=Cc1ccccn1.[Pd].[Pd]. The fourth-order valence-electron chi connectivity index (χ4n) is 4.63. The molecule has 4 nitrogen and oxygen atoms in total. The van der Waals surface area contributed by atoms with Gasteiger partial charge in [0.05, 0.1) is 35.2 Å². The smallest absolute Gasteiger partial charge is 0.0812 e. The van der Waals surface area contributed by atoms with E-state index in [1.807, 2.05) is 48.8 Å². The molecule has 0 aliphatic heterocycles. The van der Waals surface area contributed by atoms with E-state index in [-0.39, 0.29) is 109 Å². The Bertz CT molecular complexity index is 1380. The van der Waals surface area contributed by atoms with Crippen LogP contribution < -0.4 is 0 Å². The van der Waals surface area contributed by atoms with Crippen molar-refractivity contribution in [2.45, 2.75) is 59.8 Å². The number of aromatic nitrogens is 2. The first-order valence-corrected chi connectivity index (χ1v) is 13.0. The molecule has 4 aromatic rings. The van der Waals surface area contributed by atoms with E-state index in [1.54, 1.807) is 12.4 Å². The maximum atomic E-state index is 4.94. The van der Waals surface area contributed by atoms with Crippen molar-refractivity contribution in [3.8, 4) is 0 Å². The molecule has 0 unspecified atom stereocenters. The third kappa shape index (κ3) is 13.3. The Kier molecular flexibility index (Phi) is 24.7. The minimum Gasteiger partial charge on any atom is -0.255 e. The molecule has 0 atom stereocenters. The Hall–Kier alpha value is -0.675. The number of aryl methyl sites for hydroxylation is 2. The Morgan fingerprint density at radius 1 is 0.605 bits per heavy atom. The topological polar surface area (TPSA) is 50.5 Å². The van der Waals surface area contributed by atoms with Crippen molar-refractivity contribution in [3.63, 3.8) is 0 Å². The number of nitrogens with zero attached hydrogens (tertiary/aromatic N) is 4. The molecule has 10 heteroatoms. The zero-order chi connectivity index (χ0) is 26.4. The van der Waals surface area contributed by atoms with E-state index in [1.165, 1.54) is 33.4 Å². The van der Waals surface area contributed by atoms with Crippen molar-refractivity contribution in [3.05, 3.63) is 118 Å². The molecule has 0 N–H and O–H groups in total. The summed E-state index contributed by atoms with van der Waals surface area (Å²) in [6, 6.07) is 20.9. The van der Waals surface area contributed by atoms with Gasteiger partial charge in [0.2, 0.25) is 0 Å². The standard InChI is InChI=1S/C33H36N4.4BrH.2Pd/c1-22(2)30-18-27(19-31(23(3)4)33(30)37-21-29-12-8-10-14-35-29)17-26-15-24(5)32(25(6)16-26)36-20-28-11-7-9-13-34-28;;;;;;/h7-16,18-23H,17H2,1-6H3;4*1H;;. The van der Waals surface area contributed by atoms with E-state index in [9.17, 15) is 0 Å². The molecule has 0 radical (unpaired) electrons. The number of aliphatic imine (C=N–C) groups is 2. The van der Waals surface area contributed by atoms with Crippen LogP contribution in [0.4, 0.5) is 11.4 Å². The minimum atomic E-state index is 0. The Labute approximate surface area is 326 Å². The van der Waals surface area contributed by atoms with Crippen LogP contribution in [-0.2, 0) is 47.3 Å². The molecule has 0 amide bonds. The average Bonchev–Trinajstić information content (AvgIpc) is 2.88. The molecule has 2 aromatic carbocycles. The average molecular weight is 1030 g/mol. The predicted molar refractivity (Wildman–Crippen MR) is 198 cm³/mol. The van der Waals surface area contributed by atoms with Gasteiger partial charge in [-0.2, -0.15) is 0 Å². The summed E-state index contributed by atoms with van der Waals surface area (Å²) in [4.78, 5) is 18.4. The van der Waals surface area contributed by atoms with Gasteiger partial charge in [-0.3, -0.25) is 20.0 Å². The summed E-state index contributed by atoms with van der Waals surface area (Å²) in [6.07, 6.45) is 8.18.